The van der Waals surface area contributed by atoms with Crippen LogP contribution in [0.5, 0.6) is 0 Å². The molecule has 0 atom stereocenters. The van der Waals surface area contributed by atoms with Gasteiger partial charge in [0, 0.05) is 18.5 Å². The van der Waals surface area contributed by atoms with Crippen LogP contribution in [0, 0.1) is 5.82 Å². The summed E-state index contributed by atoms with van der Waals surface area (Å²) in [5.74, 6) is -1.05. The van der Waals surface area contributed by atoms with Crippen LogP contribution in [-0.2, 0) is 11.2 Å². The molecular weight excluding hydrogens is 315 g/mol. The molecule has 0 fully saturated rings. The van der Waals surface area contributed by atoms with Crippen LogP contribution in [0.2, 0.25) is 5.02 Å². The van der Waals surface area contributed by atoms with E-state index in [0.29, 0.717) is 18.6 Å². The average molecular weight is 329 g/mol. The number of halogens is 2. The molecule has 0 radical (unpaired) electrons. The molecule has 0 aromatic heterocycles. The van der Waals surface area contributed by atoms with Crippen molar-refractivity contribution in [3.8, 4) is 0 Å². The molecule has 2 aromatic carbocycles. The molecule has 5 heteroatoms. The fourth-order valence-corrected chi connectivity index (χ4v) is 2.51. The largest absolute Gasteiger partial charge is 0.318 e. The Labute approximate surface area is 138 Å². The van der Waals surface area contributed by atoms with Gasteiger partial charge in [0.1, 0.15) is 5.71 Å². The molecule has 0 spiro atoms. The number of allylic oxidation sites excluding steroid dienone is 2. The highest BCUT2D eigenvalue weighted by Crippen LogP contribution is 2.23. The summed E-state index contributed by atoms with van der Waals surface area (Å²) in [4.78, 5) is 16.5. The molecular formula is C18H14ClFN2O. The first kappa shape index (κ1) is 15.4. The molecule has 0 bridgehead atoms. The summed E-state index contributed by atoms with van der Waals surface area (Å²) in [5, 5.41) is 2.49. The smallest absolute Gasteiger partial charge is 0.270 e. The summed E-state index contributed by atoms with van der Waals surface area (Å²) in [5.41, 5.74) is 2.40. The van der Waals surface area contributed by atoms with Crippen LogP contribution in [0.1, 0.15) is 12.0 Å². The van der Waals surface area contributed by atoms with E-state index >= 15 is 0 Å². The van der Waals surface area contributed by atoms with Crippen molar-refractivity contribution >= 4 is 28.9 Å². The molecule has 0 aliphatic carbocycles. The summed E-state index contributed by atoms with van der Waals surface area (Å²) < 4.78 is 13.8. The Hall–Kier alpha value is -2.46. The Morgan fingerprint density at radius 1 is 1.17 bits per heavy atom. The average Bonchev–Trinajstić information content (AvgIpc) is 3.01. The first-order valence-corrected chi connectivity index (χ1v) is 7.57. The SMILES string of the molecule is O=C(Nc1cccc(Cl)c1F)C1=NC(Cc2ccccc2)=CC1. The van der Waals surface area contributed by atoms with Gasteiger partial charge in [-0.1, -0.05) is 54.1 Å². The summed E-state index contributed by atoms with van der Waals surface area (Å²) in [6.45, 7) is 0. The van der Waals surface area contributed by atoms with Crippen molar-refractivity contribution in [1.29, 1.82) is 0 Å². The van der Waals surface area contributed by atoms with Crippen molar-refractivity contribution in [2.75, 3.05) is 5.32 Å². The van der Waals surface area contributed by atoms with Crippen molar-refractivity contribution in [3.63, 3.8) is 0 Å². The first-order chi connectivity index (χ1) is 11.1. The standard InChI is InChI=1S/C18H14ClFN2O/c19-14-7-4-8-15(17(14)20)22-18(23)16-10-9-13(21-16)11-12-5-2-1-3-6-12/h1-9H,10-11H2,(H,22,23). The number of nitrogens with zero attached hydrogens (tertiary/aromatic N) is 1. The van der Waals surface area contributed by atoms with E-state index in [2.05, 4.69) is 10.3 Å². The van der Waals surface area contributed by atoms with Gasteiger partial charge in [-0.15, -0.1) is 0 Å². The molecule has 0 saturated heterocycles. The number of aliphatic imine (C=N–C) groups is 1. The lowest BCUT2D eigenvalue weighted by Gasteiger charge is -2.06. The zero-order chi connectivity index (χ0) is 16.2. The molecule has 3 nitrogen and oxygen atoms in total. The van der Waals surface area contributed by atoms with E-state index in [1.165, 1.54) is 12.1 Å². The van der Waals surface area contributed by atoms with E-state index in [1.54, 1.807) is 6.07 Å². The van der Waals surface area contributed by atoms with Gasteiger partial charge in [0.05, 0.1) is 10.7 Å². The summed E-state index contributed by atoms with van der Waals surface area (Å²) in [6.07, 6.45) is 3.02. The minimum Gasteiger partial charge on any atom is -0.318 e. The zero-order valence-corrected chi connectivity index (χ0v) is 13.0. The number of nitrogens with one attached hydrogen (secondary N) is 1. The van der Waals surface area contributed by atoms with Crippen LogP contribution in [-0.4, -0.2) is 11.6 Å². The Balaban J connectivity index is 1.67. The van der Waals surface area contributed by atoms with E-state index in [4.69, 9.17) is 11.6 Å². The van der Waals surface area contributed by atoms with Gasteiger partial charge in [0.25, 0.3) is 5.91 Å². The molecule has 0 unspecified atom stereocenters. The van der Waals surface area contributed by atoms with Crippen LogP contribution in [0.4, 0.5) is 10.1 Å². The maximum Gasteiger partial charge on any atom is 0.270 e. The number of hydrogen-bond acceptors (Lipinski definition) is 2. The van der Waals surface area contributed by atoms with Crippen molar-refractivity contribution in [1.82, 2.24) is 0 Å². The molecule has 3 rings (SSSR count). The lowest BCUT2D eigenvalue weighted by Crippen LogP contribution is -2.22. The van der Waals surface area contributed by atoms with Crippen LogP contribution in [0.3, 0.4) is 0 Å². The summed E-state index contributed by atoms with van der Waals surface area (Å²) in [6, 6.07) is 14.4. The fourth-order valence-electron chi connectivity index (χ4n) is 2.33. The van der Waals surface area contributed by atoms with Crippen LogP contribution < -0.4 is 5.32 Å². The van der Waals surface area contributed by atoms with E-state index in [-0.39, 0.29) is 10.7 Å². The molecule has 23 heavy (non-hydrogen) atoms. The molecule has 116 valence electrons. The third-order valence-corrected chi connectivity index (χ3v) is 3.79. The van der Waals surface area contributed by atoms with E-state index in [1.807, 2.05) is 36.4 Å². The number of carbonyl (C=O) groups is 1. The maximum absolute atomic E-state index is 13.8. The Bertz CT molecular complexity index is 800. The number of rotatable bonds is 4. The highest BCUT2D eigenvalue weighted by atomic mass is 35.5. The van der Waals surface area contributed by atoms with Gasteiger partial charge in [0.2, 0.25) is 0 Å². The van der Waals surface area contributed by atoms with Crippen molar-refractivity contribution in [2.24, 2.45) is 4.99 Å². The van der Waals surface area contributed by atoms with E-state index in [0.717, 1.165) is 11.3 Å². The second-order valence-electron chi connectivity index (χ2n) is 5.18. The fraction of sp³-hybridized carbons (Fsp3) is 0.111. The lowest BCUT2D eigenvalue weighted by atomic mass is 10.1. The highest BCUT2D eigenvalue weighted by Gasteiger charge is 2.18. The van der Waals surface area contributed by atoms with E-state index in [9.17, 15) is 9.18 Å². The van der Waals surface area contributed by atoms with Crippen molar-refractivity contribution in [2.45, 2.75) is 12.8 Å². The summed E-state index contributed by atoms with van der Waals surface area (Å²) in [7, 11) is 0. The molecule has 1 heterocycles. The van der Waals surface area contributed by atoms with Crippen molar-refractivity contribution in [3.05, 3.63) is 76.7 Å². The minimum atomic E-state index is -0.640. The van der Waals surface area contributed by atoms with E-state index < -0.39 is 11.7 Å². The predicted molar refractivity (Wildman–Crippen MR) is 90.3 cm³/mol. The number of anilines is 1. The second-order valence-corrected chi connectivity index (χ2v) is 5.58. The van der Waals surface area contributed by atoms with Gasteiger partial charge in [0.15, 0.2) is 5.82 Å². The topological polar surface area (TPSA) is 41.5 Å². The molecule has 1 N–H and O–H groups in total. The Kier molecular flexibility index (Phi) is 4.53. The lowest BCUT2D eigenvalue weighted by molar-refractivity contribution is -0.110. The zero-order valence-electron chi connectivity index (χ0n) is 12.2. The predicted octanol–water partition coefficient (Wildman–Crippen LogP) is 4.39. The molecule has 1 aliphatic rings. The molecule has 1 aliphatic heterocycles. The normalized spacial score (nSPS) is 13.5. The second kappa shape index (κ2) is 6.75. The van der Waals surface area contributed by atoms with Gasteiger partial charge >= 0.3 is 0 Å². The van der Waals surface area contributed by atoms with Crippen LogP contribution in [0.15, 0.2) is 65.3 Å². The number of benzene rings is 2. The molecule has 2 aromatic rings. The number of carbonyl (C=O) groups excluding carboxylic acids is 1. The quantitative estimate of drug-likeness (QED) is 0.888. The van der Waals surface area contributed by atoms with Gasteiger partial charge < -0.3 is 5.32 Å². The third kappa shape index (κ3) is 3.66. The highest BCUT2D eigenvalue weighted by molar-refractivity contribution is 6.44. The van der Waals surface area contributed by atoms with Crippen molar-refractivity contribution < 1.29 is 9.18 Å². The number of hydrogen-bond donors (Lipinski definition) is 1. The summed E-state index contributed by atoms with van der Waals surface area (Å²) >= 11 is 5.70. The molecule has 1 amide bonds. The third-order valence-electron chi connectivity index (χ3n) is 3.50. The maximum atomic E-state index is 13.8. The monoisotopic (exact) mass is 328 g/mol. The van der Waals surface area contributed by atoms with Crippen LogP contribution in [0.25, 0.3) is 0 Å². The minimum absolute atomic E-state index is 0.0287. The number of amides is 1. The van der Waals surface area contributed by atoms with Crippen LogP contribution >= 0.6 is 11.6 Å². The van der Waals surface area contributed by atoms with Gasteiger partial charge in [-0.2, -0.15) is 0 Å². The molecule has 0 saturated carbocycles. The Morgan fingerprint density at radius 2 is 1.96 bits per heavy atom. The van der Waals surface area contributed by atoms with Gasteiger partial charge in [-0.3, -0.25) is 9.79 Å². The van der Waals surface area contributed by atoms with Gasteiger partial charge in [-0.05, 0) is 17.7 Å². The Morgan fingerprint density at radius 3 is 2.74 bits per heavy atom. The van der Waals surface area contributed by atoms with Gasteiger partial charge in [-0.25, -0.2) is 4.39 Å². The first-order valence-electron chi connectivity index (χ1n) is 7.19.